The zero-order valence-corrected chi connectivity index (χ0v) is 22.6. The summed E-state index contributed by atoms with van der Waals surface area (Å²) in [7, 11) is 0. The van der Waals surface area contributed by atoms with Gasteiger partial charge in [0, 0.05) is 41.3 Å². The molecular weight excluding hydrogens is 531 g/mol. The Bertz CT molecular complexity index is 1470. The third-order valence-electron chi connectivity index (χ3n) is 6.03. The fourth-order valence-electron chi connectivity index (χ4n) is 4.06. The molecule has 1 aromatic carbocycles. The van der Waals surface area contributed by atoms with Crippen molar-refractivity contribution < 1.29 is 18.3 Å². The first-order valence-electron chi connectivity index (χ1n) is 12.1. The lowest BCUT2D eigenvalue weighted by Crippen LogP contribution is -2.49. The molecule has 39 heavy (non-hydrogen) atoms. The lowest BCUT2D eigenvalue weighted by Gasteiger charge is -2.24. The Kier molecular flexibility index (Phi) is 7.84. The highest BCUT2D eigenvalue weighted by Gasteiger charge is 2.39. The molecule has 0 bridgehead atoms. The number of halogens is 4. The van der Waals surface area contributed by atoms with Gasteiger partial charge in [-0.1, -0.05) is 44.4 Å². The molecule has 2 aromatic heterocycles. The van der Waals surface area contributed by atoms with Crippen LogP contribution in [0.3, 0.4) is 0 Å². The third-order valence-corrected chi connectivity index (χ3v) is 6.32. The maximum atomic E-state index is 14.2. The fraction of sp³-hybridized carbons (Fsp3) is 0.333. The molecule has 3 heterocycles. The standard InChI is InChI=1S/C27H29ClF3N7O/c1-6-16-11-32-24-19(23(16)33-13-26(3,4)5)9-17(10-20(24)28)35-25(18-7-8-22(29)34-15(18)2)21-12-38(37-36-21)27(30,31)14-39/h1,7-12,25,35-37,39H,13-14H2,2-5H3,(H,32,33)/t25-/m0/s1. The molecule has 0 saturated carbocycles. The maximum Gasteiger partial charge on any atom is 0.362 e. The molecule has 206 valence electrons. The van der Waals surface area contributed by atoms with E-state index in [1.807, 2.05) is 6.07 Å². The number of pyridine rings is 2. The average molecular weight is 560 g/mol. The van der Waals surface area contributed by atoms with E-state index in [4.69, 9.17) is 23.1 Å². The Morgan fingerprint density at radius 1 is 1.26 bits per heavy atom. The van der Waals surface area contributed by atoms with Crippen LogP contribution in [0.2, 0.25) is 5.02 Å². The lowest BCUT2D eigenvalue weighted by molar-refractivity contribution is -0.171. The normalized spacial score (nSPS) is 14.6. The number of hydrogen-bond donors (Lipinski definition) is 5. The number of aliphatic hydroxyl groups is 1. The van der Waals surface area contributed by atoms with Gasteiger partial charge < -0.3 is 21.2 Å². The number of nitrogens with zero attached hydrogens (tertiary/aromatic N) is 3. The maximum absolute atomic E-state index is 14.2. The van der Waals surface area contributed by atoms with Crippen LogP contribution in [-0.2, 0) is 0 Å². The highest BCUT2D eigenvalue weighted by molar-refractivity contribution is 6.35. The van der Waals surface area contributed by atoms with Crippen LogP contribution < -0.4 is 21.6 Å². The van der Waals surface area contributed by atoms with Gasteiger partial charge in [-0.05, 0) is 30.5 Å². The summed E-state index contributed by atoms with van der Waals surface area (Å²) < 4.78 is 42.1. The van der Waals surface area contributed by atoms with Crippen LogP contribution in [0.1, 0.15) is 43.6 Å². The molecule has 0 unspecified atom stereocenters. The number of aromatic nitrogens is 2. The van der Waals surface area contributed by atoms with Crippen LogP contribution >= 0.6 is 11.6 Å². The lowest BCUT2D eigenvalue weighted by atomic mass is 9.96. The molecule has 0 fully saturated rings. The second-order valence-corrected chi connectivity index (χ2v) is 10.8. The van der Waals surface area contributed by atoms with E-state index in [-0.39, 0.29) is 11.1 Å². The summed E-state index contributed by atoms with van der Waals surface area (Å²) >= 11 is 6.64. The molecular formula is C27H29ClF3N7O. The second kappa shape index (κ2) is 10.8. The molecule has 5 N–H and O–H groups in total. The summed E-state index contributed by atoms with van der Waals surface area (Å²) in [5.41, 5.74) is 8.42. The van der Waals surface area contributed by atoms with Gasteiger partial charge in [-0.2, -0.15) is 13.2 Å². The van der Waals surface area contributed by atoms with Crippen LogP contribution in [0.5, 0.6) is 0 Å². The van der Waals surface area contributed by atoms with E-state index < -0.39 is 24.6 Å². The zero-order valence-electron chi connectivity index (χ0n) is 21.8. The first-order chi connectivity index (χ1) is 18.3. The van der Waals surface area contributed by atoms with Crippen molar-refractivity contribution in [3.63, 3.8) is 0 Å². The number of fused-ring (bicyclic) bond motifs is 1. The molecule has 1 aliphatic heterocycles. The molecule has 12 heteroatoms. The quantitative estimate of drug-likeness (QED) is 0.148. The van der Waals surface area contributed by atoms with Gasteiger partial charge >= 0.3 is 6.05 Å². The van der Waals surface area contributed by atoms with Gasteiger partial charge in [0.2, 0.25) is 5.95 Å². The molecule has 0 amide bonds. The average Bonchev–Trinajstić information content (AvgIpc) is 3.37. The molecule has 0 aliphatic carbocycles. The molecule has 4 rings (SSSR count). The van der Waals surface area contributed by atoms with Crippen molar-refractivity contribution in [2.24, 2.45) is 5.41 Å². The molecule has 8 nitrogen and oxygen atoms in total. The molecule has 3 aromatic rings. The van der Waals surface area contributed by atoms with Crippen molar-refractivity contribution in [3.8, 4) is 12.3 Å². The van der Waals surface area contributed by atoms with Gasteiger partial charge in [-0.25, -0.2) is 9.99 Å². The van der Waals surface area contributed by atoms with E-state index in [1.54, 1.807) is 19.2 Å². The number of rotatable bonds is 8. The summed E-state index contributed by atoms with van der Waals surface area (Å²) in [6.07, 6.45) is 8.46. The SMILES string of the molecule is C#Cc1cnc2c(Cl)cc(N[C@H](C3=CN(C(F)(F)CO)NN3)c3ccc(F)nc3C)cc2c1NCC(C)(C)C. The van der Waals surface area contributed by atoms with Crippen LogP contribution in [0, 0.1) is 30.6 Å². The van der Waals surface area contributed by atoms with Gasteiger partial charge in [0.25, 0.3) is 0 Å². The molecule has 1 atom stereocenters. The van der Waals surface area contributed by atoms with Crippen molar-refractivity contribution in [2.75, 3.05) is 23.8 Å². The predicted molar refractivity (Wildman–Crippen MR) is 146 cm³/mol. The number of hydrazine groups is 2. The topological polar surface area (TPSA) is 97.4 Å². The van der Waals surface area contributed by atoms with Crippen molar-refractivity contribution in [2.45, 2.75) is 39.8 Å². The molecule has 1 aliphatic rings. The minimum atomic E-state index is -3.58. The molecule has 0 spiro atoms. The minimum absolute atomic E-state index is 0.0462. The van der Waals surface area contributed by atoms with Crippen molar-refractivity contribution in [1.29, 1.82) is 0 Å². The van der Waals surface area contributed by atoms with Gasteiger partial charge in [0.15, 0.2) is 0 Å². The Labute approximate surface area is 229 Å². The predicted octanol–water partition coefficient (Wildman–Crippen LogP) is 5.07. The smallest absolute Gasteiger partial charge is 0.362 e. The largest absolute Gasteiger partial charge is 0.388 e. The number of terminal acetylenes is 1. The summed E-state index contributed by atoms with van der Waals surface area (Å²) in [6, 6.07) is 1.79. The highest BCUT2D eigenvalue weighted by Crippen LogP contribution is 2.37. The van der Waals surface area contributed by atoms with E-state index >= 15 is 0 Å². The number of benzene rings is 1. The first-order valence-corrected chi connectivity index (χ1v) is 12.4. The summed E-state index contributed by atoms with van der Waals surface area (Å²) in [4.78, 5) is 8.33. The number of aliphatic hydroxyl groups excluding tert-OH is 1. The van der Waals surface area contributed by atoms with Crippen LogP contribution in [0.25, 0.3) is 10.9 Å². The van der Waals surface area contributed by atoms with E-state index in [0.717, 1.165) is 6.20 Å². The third kappa shape index (κ3) is 6.14. The number of anilines is 2. The summed E-state index contributed by atoms with van der Waals surface area (Å²) in [5.74, 6) is 1.98. The Morgan fingerprint density at radius 3 is 2.64 bits per heavy atom. The van der Waals surface area contributed by atoms with E-state index in [9.17, 15) is 13.2 Å². The van der Waals surface area contributed by atoms with Gasteiger partial charge in [-0.15, -0.1) is 12.0 Å². The van der Waals surface area contributed by atoms with Crippen molar-refractivity contribution in [1.82, 2.24) is 25.9 Å². The van der Waals surface area contributed by atoms with Gasteiger partial charge in [0.1, 0.15) is 6.61 Å². The molecule has 0 saturated heterocycles. The Hall–Kier alpha value is -3.72. The number of aryl methyl sites for hydroxylation is 1. The highest BCUT2D eigenvalue weighted by atomic mass is 35.5. The van der Waals surface area contributed by atoms with E-state index in [1.165, 1.54) is 12.1 Å². The molecule has 0 radical (unpaired) electrons. The Balaban J connectivity index is 1.82. The minimum Gasteiger partial charge on any atom is -0.388 e. The van der Waals surface area contributed by atoms with Gasteiger partial charge in [-0.3, -0.25) is 4.98 Å². The summed E-state index contributed by atoms with van der Waals surface area (Å²) in [5, 5.41) is 17.3. The van der Waals surface area contributed by atoms with Crippen LogP contribution in [0.15, 0.2) is 42.4 Å². The summed E-state index contributed by atoms with van der Waals surface area (Å²) in [6.45, 7) is 7.08. The first kappa shape index (κ1) is 28.3. The Morgan fingerprint density at radius 2 is 2.00 bits per heavy atom. The van der Waals surface area contributed by atoms with E-state index in [2.05, 4.69) is 58.3 Å². The van der Waals surface area contributed by atoms with Gasteiger partial charge in [0.05, 0.1) is 33.5 Å². The van der Waals surface area contributed by atoms with E-state index in [0.29, 0.717) is 55.7 Å². The van der Waals surface area contributed by atoms with Crippen molar-refractivity contribution >= 4 is 33.9 Å². The number of alkyl halides is 2. The van der Waals surface area contributed by atoms with Crippen LogP contribution in [-0.4, -0.2) is 39.3 Å². The fourth-order valence-corrected chi connectivity index (χ4v) is 4.33. The zero-order chi connectivity index (χ0) is 28.5. The number of nitrogens with one attached hydrogen (secondary N) is 4. The van der Waals surface area contributed by atoms with Crippen LogP contribution in [0.4, 0.5) is 24.5 Å². The van der Waals surface area contributed by atoms with Crippen molar-refractivity contribution in [3.05, 3.63) is 70.2 Å². The number of hydrogen-bond acceptors (Lipinski definition) is 8. The monoisotopic (exact) mass is 559 g/mol. The second-order valence-electron chi connectivity index (χ2n) is 10.4.